The van der Waals surface area contributed by atoms with Gasteiger partial charge in [-0.05, 0) is 19.9 Å². The molecule has 3 heteroatoms. The molecule has 0 spiro atoms. The van der Waals surface area contributed by atoms with Crippen LogP contribution in [0.25, 0.3) is 0 Å². The van der Waals surface area contributed by atoms with Gasteiger partial charge >= 0.3 is 0 Å². The van der Waals surface area contributed by atoms with Crippen LogP contribution in [0.2, 0.25) is 0 Å². The fourth-order valence-electron chi connectivity index (χ4n) is 1.03. The average molecular weight is 154 g/mol. The van der Waals surface area contributed by atoms with Gasteiger partial charge in [-0.15, -0.1) is 0 Å². The van der Waals surface area contributed by atoms with Gasteiger partial charge in [-0.2, -0.15) is 0 Å². The first-order chi connectivity index (χ1) is 5.36. The van der Waals surface area contributed by atoms with Gasteiger partial charge < -0.3 is 5.73 Å². The monoisotopic (exact) mass is 154 g/mol. The highest BCUT2D eigenvalue weighted by Crippen LogP contribution is 1.83. The second kappa shape index (κ2) is 4.13. The Kier molecular flexibility index (Phi) is 3.11. The number of hydrogen-bond donors (Lipinski definition) is 1. The molecular weight excluding hydrogens is 138 g/mol. The standard InChI is InChI=1S/C8H16N3/c1-2-10-6-7-11(8-10)5-3-4-9/h6-8H,2-5,9H2,1H3/q+1. The Bertz CT molecular complexity index is 205. The summed E-state index contributed by atoms with van der Waals surface area (Å²) in [5.74, 6) is 0. The number of hydrogen-bond acceptors (Lipinski definition) is 1. The molecule has 0 atom stereocenters. The largest absolute Gasteiger partial charge is 0.330 e. The van der Waals surface area contributed by atoms with E-state index in [0.29, 0.717) is 0 Å². The summed E-state index contributed by atoms with van der Waals surface area (Å²) in [4.78, 5) is 0. The van der Waals surface area contributed by atoms with Crippen molar-refractivity contribution >= 4 is 0 Å². The molecule has 11 heavy (non-hydrogen) atoms. The molecule has 0 amide bonds. The third-order valence-electron chi connectivity index (χ3n) is 1.73. The number of aromatic nitrogens is 2. The molecule has 0 fully saturated rings. The molecule has 62 valence electrons. The van der Waals surface area contributed by atoms with E-state index in [0.717, 1.165) is 26.1 Å². The van der Waals surface area contributed by atoms with E-state index in [1.807, 2.05) is 0 Å². The summed E-state index contributed by atoms with van der Waals surface area (Å²) < 4.78 is 4.31. The fourth-order valence-corrected chi connectivity index (χ4v) is 1.03. The summed E-state index contributed by atoms with van der Waals surface area (Å²) in [7, 11) is 0. The van der Waals surface area contributed by atoms with E-state index in [1.165, 1.54) is 0 Å². The lowest BCUT2D eigenvalue weighted by molar-refractivity contribution is -0.696. The van der Waals surface area contributed by atoms with Crippen LogP contribution in [-0.2, 0) is 13.1 Å². The van der Waals surface area contributed by atoms with Crippen LogP contribution in [0.3, 0.4) is 0 Å². The molecule has 0 unspecified atom stereocenters. The first-order valence-electron chi connectivity index (χ1n) is 4.11. The van der Waals surface area contributed by atoms with Crippen molar-refractivity contribution in [2.75, 3.05) is 6.54 Å². The summed E-state index contributed by atoms with van der Waals surface area (Å²) in [5.41, 5.74) is 5.40. The zero-order chi connectivity index (χ0) is 8.10. The average Bonchev–Trinajstić information content (AvgIpc) is 2.48. The highest BCUT2D eigenvalue weighted by molar-refractivity contribution is 4.64. The Balaban J connectivity index is 2.44. The highest BCUT2D eigenvalue weighted by Gasteiger charge is 1.99. The second-order valence-electron chi connectivity index (χ2n) is 2.62. The third-order valence-corrected chi connectivity index (χ3v) is 1.73. The van der Waals surface area contributed by atoms with E-state index in [-0.39, 0.29) is 0 Å². The van der Waals surface area contributed by atoms with Crippen LogP contribution in [0.1, 0.15) is 13.3 Å². The molecule has 2 N–H and O–H groups in total. The molecule has 1 rings (SSSR count). The lowest BCUT2D eigenvalue weighted by Crippen LogP contribution is -2.32. The van der Waals surface area contributed by atoms with Crippen molar-refractivity contribution in [3.05, 3.63) is 18.7 Å². The van der Waals surface area contributed by atoms with Crippen molar-refractivity contribution in [3.63, 3.8) is 0 Å². The fraction of sp³-hybridized carbons (Fsp3) is 0.625. The van der Waals surface area contributed by atoms with Gasteiger partial charge in [0, 0.05) is 0 Å². The van der Waals surface area contributed by atoms with Crippen molar-refractivity contribution in [2.24, 2.45) is 5.73 Å². The molecule has 0 radical (unpaired) electrons. The number of nitrogens with zero attached hydrogens (tertiary/aromatic N) is 2. The molecule has 1 aromatic rings. The van der Waals surface area contributed by atoms with Crippen LogP contribution in [0.5, 0.6) is 0 Å². The molecule has 3 nitrogen and oxygen atoms in total. The second-order valence-corrected chi connectivity index (χ2v) is 2.62. The van der Waals surface area contributed by atoms with Gasteiger partial charge in [0.05, 0.1) is 13.1 Å². The molecule has 1 heterocycles. The van der Waals surface area contributed by atoms with E-state index in [9.17, 15) is 0 Å². The van der Waals surface area contributed by atoms with Gasteiger partial charge in [0.2, 0.25) is 6.33 Å². The minimum absolute atomic E-state index is 0.768. The van der Waals surface area contributed by atoms with Crippen LogP contribution in [0.15, 0.2) is 18.7 Å². The van der Waals surface area contributed by atoms with Crippen LogP contribution in [0, 0.1) is 0 Å². The van der Waals surface area contributed by atoms with Crippen molar-refractivity contribution in [3.8, 4) is 0 Å². The lowest BCUT2D eigenvalue weighted by Gasteiger charge is -1.91. The molecule has 0 aromatic carbocycles. The Morgan fingerprint density at radius 2 is 2.36 bits per heavy atom. The van der Waals surface area contributed by atoms with E-state index >= 15 is 0 Å². The predicted octanol–water partition coefficient (Wildman–Crippen LogP) is 0.144. The molecule has 0 aliphatic rings. The maximum absolute atomic E-state index is 5.40. The maximum Gasteiger partial charge on any atom is 0.243 e. The maximum atomic E-state index is 5.40. The van der Waals surface area contributed by atoms with Crippen LogP contribution >= 0.6 is 0 Å². The predicted molar refractivity (Wildman–Crippen MR) is 44.0 cm³/mol. The summed E-state index contributed by atoms with van der Waals surface area (Å²) >= 11 is 0. The quantitative estimate of drug-likeness (QED) is 0.615. The van der Waals surface area contributed by atoms with Crippen molar-refractivity contribution < 1.29 is 4.57 Å². The molecule has 0 saturated carbocycles. The highest BCUT2D eigenvalue weighted by atomic mass is 15.1. The molecule has 0 aliphatic carbocycles. The lowest BCUT2D eigenvalue weighted by atomic mass is 10.4. The third kappa shape index (κ3) is 2.35. The normalized spacial score (nSPS) is 10.4. The Labute approximate surface area is 67.4 Å². The van der Waals surface area contributed by atoms with E-state index in [4.69, 9.17) is 5.73 Å². The van der Waals surface area contributed by atoms with Crippen molar-refractivity contribution in [1.82, 2.24) is 4.57 Å². The summed E-state index contributed by atoms with van der Waals surface area (Å²) in [5, 5.41) is 0. The van der Waals surface area contributed by atoms with Crippen LogP contribution in [-0.4, -0.2) is 11.1 Å². The number of imidazole rings is 1. The SMILES string of the molecule is CCn1cc[n+](CCCN)c1. The Morgan fingerprint density at radius 3 is 2.91 bits per heavy atom. The smallest absolute Gasteiger partial charge is 0.243 e. The number of aryl methyl sites for hydroxylation is 2. The first kappa shape index (κ1) is 8.27. The topological polar surface area (TPSA) is 34.8 Å². The van der Waals surface area contributed by atoms with Gasteiger partial charge in [-0.25, -0.2) is 9.13 Å². The van der Waals surface area contributed by atoms with E-state index in [2.05, 4.69) is 34.8 Å². The van der Waals surface area contributed by atoms with E-state index in [1.54, 1.807) is 0 Å². The van der Waals surface area contributed by atoms with Gasteiger partial charge in [0.25, 0.3) is 0 Å². The van der Waals surface area contributed by atoms with Crippen molar-refractivity contribution in [1.29, 1.82) is 0 Å². The summed E-state index contributed by atoms with van der Waals surface area (Å²) in [6.07, 6.45) is 7.32. The molecular formula is C8H16N3+. The summed E-state index contributed by atoms with van der Waals surface area (Å²) in [6, 6.07) is 0. The minimum atomic E-state index is 0.768. The van der Waals surface area contributed by atoms with Crippen LogP contribution < -0.4 is 10.3 Å². The van der Waals surface area contributed by atoms with Crippen LogP contribution in [0.4, 0.5) is 0 Å². The number of rotatable bonds is 4. The molecule has 0 bridgehead atoms. The molecule has 0 saturated heterocycles. The van der Waals surface area contributed by atoms with E-state index < -0.39 is 0 Å². The molecule has 0 aliphatic heterocycles. The summed E-state index contributed by atoms with van der Waals surface area (Å²) in [6.45, 7) is 4.97. The first-order valence-corrected chi connectivity index (χ1v) is 4.11. The van der Waals surface area contributed by atoms with Crippen molar-refractivity contribution in [2.45, 2.75) is 26.4 Å². The molecule has 1 aromatic heterocycles. The number of nitrogens with two attached hydrogens (primary N) is 1. The Hall–Kier alpha value is -0.830. The Morgan fingerprint density at radius 1 is 1.55 bits per heavy atom. The zero-order valence-electron chi connectivity index (χ0n) is 7.03. The van der Waals surface area contributed by atoms with Gasteiger partial charge in [-0.1, -0.05) is 0 Å². The van der Waals surface area contributed by atoms with Gasteiger partial charge in [-0.3, -0.25) is 0 Å². The minimum Gasteiger partial charge on any atom is -0.330 e. The zero-order valence-corrected chi connectivity index (χ0v) is 7.03. The van der Waals surface area contributed by atoms with Gasteiger partial charge in [0.15, 0.2) is 0 Å². The van der Waals surface area contributed by atoms with Gasteiger partial charge in [0.1, 0.15) is 12.4 Å².